The molecule has 2 atom stereocenters. The van der Waals surface area contributed by atoms with Crippen LogP contribution in [-0.4, -0.2) is 56.6 Å². The number of carbonyl (C=O) groups excluding carboxylic acids is 2. The largest absolute Gasteiger partial charge is 0.475 e. The van der Waals surface area contributed by atoms with Gasteiger partial charge in [-0.1, -0.05) is 217 Å². The number of hydrogen-bond donors (Lipinski definition) is 3. The van der Waals surface area contributed by atoms with E-state index in [0.29, 0.717) is 5.13 Å². The lowest BCUT2D eigenvalue weighted by molar-refractivity contribution is -0.143. The van der Waals surface area contributed by atoms with E-state index in [0.717, 1.165) is 38.9 Å². The van der Waals surface area contributed by atoms with E-state index in [1.165, 1.54) is 35.3 Å². The van der Waals surface area contributed by atoms with Crippen molar-refractivity contribution in [2.45, 2.75) is 43.4 Å². The number of nitrogens with zero attached hydrogens (tertiary/aromatic N) is 4. The highest BCUT2D eigenvalue weighted by molar-refractivity contribution is 7.84. The van der Waals surface area contributed by atoms with Crippen LogP contribution in [0.3, 0.4) is 0 Å². The van der Waals surface area contributed by atoms with Crippen molar-refractivity contribution < 1.29 is 37.0 Å². The predicted molar refractivity (Wildman–Crippen MR) is 293 cm³/mol. The van der Waals surface area contributed by atoms with E-state index in [1.807, 2.05) is 212 Å². The second-order valence-electron chi connectivity index (χ2n) is 18.0. The molecule has 77 heavy (non-hydrogen) atoms. The molecule has 1 saturated heterocycles. The number of ether oxygens (including phenoxy) is 1. The summed E-state index contributed by atoms with van der Waals surface area (Å²) in [5.41, 5.74) is 4.20. The summed E-state index contributed by atoms with van der Waals surface area (Å²) in [6.45, 7) is 0.911. The number of hydrogen-bond acceptors (Lipinski definition) is 12. The monoisotopic (exact) mass is 1060 g/mol. The minimum absolute atomic E-state index is 0.0302. The lowest BCUT2D eigenvalue weighted by atomic mass is 9.77. The summed E-state index contributed by atoms with van der Waals surface area (Å²) < 4.78 is 42.1. The van der Waals surface area contributed by atoms with Crippen molar-refractivity contribution in [2.75, 3.05) is 5.32 Å². The maximum absolute atomic E-state index is 14.5. The summed E-state index contributed by atoms with van der Waals surface area (Å²) >= 11 is 1.18. The summed E-state index contributed by atoms with van der Waals surface area (Å²) in [6, 6.07) is 66.5. The van der Waals surface area contributed by atoms with Gasteiger partial charge in [0.05, 0.1) is 12.2 Å². The Balaban J connectivity index is 1.04. The molecule has 2 aromatic heterocycles. The fourth-order valence-electron chi connectivity index (χ4n) is 9.29. The first-order valence-corrected chi connectivity index (χ1v) is 26.8. The number of oxime groups is 1. The van der Waals surface area contributed by atoms with Crippen LogP contribution in [0.4, 0.5) is 5.13 Å². The first-order valence-electron chi connectivity index (χ1n) is 24.5. The van der Waals surface area contributed by atoms with Crippen molar-refractivity contribution in [3.8, 4) is 5.75 Å². The zero-order valence-electron chi connectivity index (χ0n) is 41.3. The quantitative estimate of drug-likeness (QED) is 0.0217. The van der Waals surface area contributed by atoms with Crippen LogP contribution in [0.15, 0.2) is 240 Å². The molecule has 3 N–H and O–H groups in total. The Hall–Kier alpha value is -9.16. The van der Waals surface area contributed by atoms with E-state index in [4.69, 9.17) is 19.4 Å². The van der Waals surface area contributed by atoms with Gasteiger partial charge >= 0.3 is 10.3 Å². The van der Waals surface area contributed by atoms with Gasteiger partial charge in [0.15, 0.2) is 29.3 Å². The Labute approximate surface area is 448 Å². The molecule has 17 heteroatoms. The fraction of sp³-hybridized carbons (Fsp3) is 0.117. The highest BCUT2D eigenvalue weighted by atomic mass is 32.2. The van der Waals surface area contributed by atoms with Crippen molar-refractivity contribution in [3.05, 3.63) is 291 Å². The molecule has 0 saturated carbocycles. The lowest BCUT2D eigenvalue weighted by Crippen LogP contribution is -2.71. The number of anilines is 1. The first kappa shape index (κ1) is 51.3. The Morgan fingerprint density at radius 1 is 0.688 bits per heavy atom. The van der Waals surface area contributed by atoms with Crippen LogP contribution in [0.25, 0.3) is 0 Å². The van der Waals surface area contributed by atoms with E-state index in [9.17, 15) is 27.4 Å². The molecule has 10 rings (SSSR count). The minimum atomic E-state index is -4.91. The van der Waals surface area contributed by atoms with Crippen molar-refractivity contribution in [1.29, 1.82) is 0 Å². The fourth-order valence-corrected chi connectivity index (χ4v) is 10.9. The average Bonchev–Trinajstić information content (AvgIpc) is 3.98. The van der Waals surface area contributed by atoms with Crippen molar-refractivity contribution in [2.24, 2.45) is 5.16 Å². The minimum Gasteiger partial charge on any atom is -0.475 e. The smallest absolute Gasteiger partial charge is 0.362 e. The Morgan fingerprint density at radius 2 is 1.13 bits per heavy atom. The number of rotatable bonds is 20. The number of thiazole rings is 1. The van der Waals surface area contributed by atoms with Gasteiger partial charge in [0.1, 0.15) is 29.1 Å². The zero-order valence-corrected chi connectivity index (χ0v) is 42.9. The van der Waals surface area contributed by atoms with Gasteiger partial charge in [-0.2, -0.15) is 13.1 Å². The molecule has 3 heterocycles. The lowest BCUT2D eigenvalue weighted by Gasteiger charge is -2.42. The normalized spacial score (nSPS) is 14.7. The molecule has 1 aliphatic heterocycles. The van der Waals surface area contributed by atoms with Crippen LogP contribution in [0.2, 0.25) is 0 Å². The Bertz CT molecular complexity index is 3500. The standard InChI is InChI=1S/C60H50N6O9S2/c1-41-53(58(69)66(41)77(70,71)72)62-57(68)54(50-40-76-59(61-50)63-60(46-31-17-6-18-32-46,47-33-19-7-20-34-47)48-35-21-8-22-36-48)64-73-39-49-37-51(67)52(74-55(42-23-9-2-10-24-42)43-25-11-3-12-26-43)38-65(49)75-56(44-27-13-4-14-28-44)45-29-15-5-16-30-45/h2-38,40-41,53,55-56H,39H2,1H3,(H,61,63)(H,62,68)(H,70,71,72)/b64-54-/t41-,53-/m0/s1. The highest BCUT2D eigenvalue weighted by Gasteiger charge is 2.52. The molecule has 15 nitrogen and oxygen atoms in total. The number of pyridine rings is 1. The van der Waals surface area contributed by atoms with Crippen LogP contribution in [0.1, 0.15) is 69.5 Å². The molecule has 0 bridgehead atoms. The van der Waals surface area contributed by atoms with E-state index >= 15 is 0 Å². The van der Waals surface area contributed by atoms with Crippen molar-refractivity contribution in [3.63, 3.8) is 0 Å². The third-order valence-corrected chi connectivity index (χ3v) is 14.8. The number of amides is 2. The van der Waals surface area contributed by atoms with Crippen LogP contribution >= 0.6 is 11.3 Å². The van der Waals surface area contributed by atoms with Gasteiger partial charge in [0.2, 0.25) is 5.43 Å². The highest BCUT2D eigenvalue weighted by Crippen LogP contribution is 2.41. The second kappa shape index (κ2) is 22.8. The summed E-state index contributed by atoms with van der Waals surface area (Å²) in [4.78, 5) is 59.7. The molecule has 0 spiro atoms. The van der Waals surface area contributed by atoms with E-state index < -0.39 is 64.0 Å². The molecular formula is C60H50N6O9S2. The van der Waals surface area contributed by atoms with Crippen LogP contribution in [-0.2, 0) is 36.9 Å². The van der Waals surface area contributed by atoms with Gasteiger partial charge in [-0.05, 0) is 45.9 Å². The number of benzene rings is 7. The van der Waals surface area contributed by atoms with E-state index in [-0.39, 0.29) is 27.2 Å². The number of aromatic nitrogens is 2. The summed E-state index contributed by atoms with van der Waals surface area (Å²) in [5.74, 6) is -2.03. The molecule has 9 aromatic rings. The van der Waals surface area contributed by atoms with Crippen LogP contribution in [0.5, 0.6) is 5.75 Å². The van der Waals surface area contributed by atoms with Crippen molar-refractivity contribution in [1.82, 2.24) is 19.3 Å². The Kier molecular flexibility index (Phi) is 15.2. The van der Waals surface area contributed by atoms with Gasteiger partial charge in [0.25, 0.3) is 11.8 Å². The zero-order chi connectivity index (χ0) is 53.4. The maximum atomic E-state index is 14.5. The molecule has 1 aliphatic rings. The summed E-state index contributed by atoms with van der Waals surface area (Å²) in [6.07, 6.45) is 0.0589. The molecule has 7 aromatic carbocycles. The molecule has 386 valence electrons. The summed E-state index contributed by atoms with van der Waals surface area (Å²) in [5, 5.41) is 12.6. The third-order valence-electron chi connectivity index (χ3n) is 13.0. The van der Waals surface area contributed by atoms with Gasteiger partial charge in [-0.15, -0.1) is 11.3 Å². The van der Waals surface area contributed by atoms with Gasteiger partial charge < -0.3 is 25.0 Å². The Morgan fingerprint density at radius 3 is 1.57 bits per heavy atom. The van der Waals surface area contributed by atoms with Gasteiger partial charge in [-0.25, -0.2) is 9.29 Å². The van der Waals surface area contributed by atoms with E-state index in [1.54, 1.807) is 5.38 Å². The topological polar surface area (TPSA) is 191 Å². The van der Waals surface area contributed by atoms with Crippen LogP contribution in [0, 0.1) is 0 Å². The van der Waals surface area contributed by atoms with Crippen LogP contribution < -0.4 is 25.6 Å². The number of nitrogens with one attached hydrogen (secondary N) is 2. The molecule has 0 aliphatic carbocycles. The SMILES string of the molecule is C[C@H]1[C@H](NC(=O)/C(=N\OCc2cc(=O)c(OC(c3ccccc3)c3ccccc3)cn2OC(c2ccccc2)c2ccccc2)c2csc(NC(c3ccccc3)(c3ccccc3)c3ccccc3)n2)C(=O)N1S(=O)(=O)O. The molecule has 1 fully saturated rings. The number of carbonyl (C=O) groups is 2. The number of β-lactam (4-membered cyclic amide) rings is 1. The molecule has 0 radical (unpaired) electrons. The van der Waals surface area contributed by atoms with E-state index in [2.05, 4.69) is 15.8 Å². The van der Waals surface area contributed by atoms with Gasteiger partial charge in [0, 0.05) is 11.4 Å². The average molecular weight is 1060 g/mol. The predicted octanol–water partition coefficient (Wildman–Crippen LogP) is 9.53. The molecular weight excluding hydrogens is 1010 g/mol. The summed E-state index contributed by atoms with van der Waals surface area (Å²) in [7, 11) is -4.91. The molecule has 2 amide bonds. The van der Waals surface area contributed by atoms with Crippen molar-refractivity contribution >= 4 is 44.3 Å². The third kappa shape index (κ3) is 11.1. The van der Waals surface area contributed by atoms with Gasteiger partial charge in [-0.3, -0.25) is 18.9 Å². The first-order chi connectivity index (χ1) is 37.5. The maximum Gasteiger partial charge on any atom is 0.362 e. The molecule has 0 unspecified atom stereocenters. The second-order valence-corrected chi connectivity index (χ2v) is 20.1.